The lowest BCUT2D eigenvalue weighted by Crippen LogP contribution is -2.42. The van der Waals surface area contributed by atoms with Gasteiger partial charge in [0, 0.05) is 29.4 Å². The van der Waals surface area contributed by atoms with E-state index in [1.807, 2.05) is 12.3 Å². The highest BCUT2D eigenvalue weighted by molar-refractivity contribution is 7.98. The van der Waals surface area contributed by atoms with E-state index in [2.05, 4.69) is 82.3 Å². The Bertz CT molecular complexity index is 862. The summed E-state index contributed by atoms with van der Waals surface area (Å²) in [4.78, 5) is 8.31. The van der Waals surface area contributed by atoms with Gasteiger partial charge >= 0.3 is 0 Å². The Balaban J connectivity index is 2.03. The van der Waals surface area contributed by atoms with Crippen molar-refractivity contribution in [2.24, 2.45) is 4.99 Å². The molecule has 3 rings (SSSR count). The molecule has 1 aliphatic heterocycles. The number of benzene rings is 2. The monoisotopic (exact) mass is 350 g/mol. The number of aryl methyl sites for hydroxylation is 1. The number of hydrogen-bond donors (Lipinski definition) is 0. The molecule has 130 valence electrons. The van der Waals surface area contributed by atoms with Crippen LogP contribution in [0, 0.1) is 6.92 Å². The zero-order chi connectivity index (χ0) is 18.2. The number of rotatable bonds is 3. The van der Waals surface area contributed by atoms with Gasteiger partial charge in [0.2, 0.25) is 0 Å². The van der Waals surface area contributed by atoms with E-state index in [9.17, 15) is 0 Å². The van der Waals surface area contributed by atoms with Gasteiger partial charge in [-0.05, 0) is 74.9 Å². The third-order valence-electron chi connectivity index (χ3n) is 5.03. The molecule has 2 aromatic carbocycles. The SMILES string of the molecule is CSc1ccccc1N=Cc1cc2c(cc1C)N(C)C(C)(C)C=C2C. The van der Waals surface area contributed by atoms with Crippen molar-refractivity contribution < 1.29 is 0 Å². The van der Waals surface area contributed by atoms with E-state index < -0.39 is 0 Å². The fourth-order valence-electron chi connectivity index (χ4n) is 3.33. The summed E-state index contributed by atoms with van der Waals surface area (Å²) in [6, 6.07) is 12.8. The van der Waals surface area contributed by atoms with E-state index in [-0.39, 0.29) is 5.54 Å². The minimum Gasteiger partial charge on any atom is -0.365 e. The van der Waals surface area contributed by atoms with Crippen LogP contribution in [0.25, 0.3) is 5.57 Å². The van der Waals surface area contributed by atoms with Gasteiger partial charge in [-0.2, -0.15) is 0 Å². The molecule has 1 heterocycles. The van der Waals surface area contributed by atoms with Gasteiger partial charge in [-0.15, -0.1) is 11.8 Å². The van der Waals surface area contributed by atoms with Gasteiger partial charge in [0.1, 0.15) is 0 Å². The Kier molecular flexibility index (Phi) is 4.79. The summed E-state index contributed by atoms with van der Waals surface area (Å²) < 4.78 is 0. The summed E-state index contributed by atoms with van der Waals surface area (Å²) >= 11 is 1.73. The molecule has 1 aliphatic rings. The lowest BCUT2D eigenvalue weighted by atomic mass is 9.87. The number of para-hydroxylation sites is 1. The fraction of sp³-hybridized carbons (Fsp3) is 0.318. The lowest BCUT2D eigenvalue weighted by Gasteiger charge is -2.41. The second-order valence-electron chi connectivity index (χ2n) is 7.20. The summed E-state index contributed by atoms with van der Waals surface area (Å²) in [5.41, 5.74) is 7.42. The minimum atomic E-state index is 0.0381. The summed E-state index contributed by atoms with van der Waals surface area (Å²) in [6.07, 6.45) is 6.43. The maximum atomic E-state index is 4.75. The van der Waals surface area contributed by atoms with Crippen LogP contribution in [-0.4, -0.2) is 25.1 Å². The van der Waals surface area contributed by atoms with Gasteiger partial charge in [-0.25, -0.2) is 0 Å². The van der Waals surface area contributed by atoms with Crippen LogP contribution in [0.3, 0.4) is 0 Å². The predicted octanol–water partition coefficient (Wildman–Crippen LogP) is 6.10. The molecule has 2 nitrogen and oxygen atoms in total. The summed E-state index contributed by atoms with van der Waals surface area (Å²) in [7, 11) is 2.17. The molecule has 0 aliphatic carbocycles. The van der Waals surface area contributed by atoms with Gasteiger partial charge in [-0.3, -0.25) is 4.99 Å². The molecule has 0 spiro atoms. The zero-order valence-electron chi connectivity index (χ0n) is 15.9. The third-order valence-corrected chi connectivity index (χ3v) is 5.82. The van der Waals surface area contributed by atoms with Crippen molar-refractivity contribution in [1.82, 2.24) is 0 Å². The Labute approximate surface area is 155 Å². The van der Waals surface area contributed by atoms with E-state index >= 15 is 0 Å². The van der Waals surface area contributed by atoms with Crippen molar-refractivity contribution >= 4 is 34.9 Å². The maximum absolute atomic E-state index is 4.75. The number of hydrogen-bond acceptors (Lipinski definition) is 3. The molecule has 0 radical (unpaired) electrons. The first kappa shape index (κ1) is 17.8. The van der Waals surface area contributed by atoms with Crippen molar-refractivity contribution in [3.05, 3.63) is 59.2 Å². The van der Waals surface area contributed by atoms with Crippen LogP contribution in [0.2, 0.25) is 0 Å². The van der Waals surface area contributed by atoms with Crippen LogP contribution >= 0.6 is 11.8 Å². The Morgan fingerprint density at radius 1 is 1.12 bits per heavy atom. The number of thioether (sulfide) groups is 1. The molecular weight excluding hydrogens is 324 g/mol. The molecule has 0 N–H and O–H groups in total. The fourth-order valence-corrected chi connectivity index (χ4v) is 3.88. The highest BCUT2D eigenvalue weighted by atomic mass is 32.2. The van der Waals surface area contributed by atoms with Gasteiger partial charge in [0.25, 0.3) is 0 Å². The smallest absolute Gasteiger partial charge is 0.0765 e. The van der Waals surface area contributed by atoms with Crippen LogP contribution in [0.4, 0.5) is 11.4 Å². The van der Waals surface area contributed by atoms with E-state index in [0.29, 0.717) is 0 Å². The van der Waals surface area contributed by atoms with E-state index in [4.69, 9.17) is 4.99 Å². The van der Waals surface area contributed by atoms with Gasteiger partial charge in [0.05, 0.1) is 11.2 Å². The highest BCUT2D eigenvalue weighted by Crippen LogP contribution is 2.39. The van der Waals surface area contributed by atoms with Crippen molar-refractivity contribution in [2.45, 2.75) is 38.1 Å². The number of nitrogens with zero attached hydrogens (tertiary/aromatic N) is 2. The molecule has 3 heteroatoms. The maximum Gasteiger partial charge on any atom is 0.0765 e. The average Bonchev–Trinajstić information content (AvgIpc) is 2.58. The predicted molar refractivity (Wildman–Crippen MR) is 113 cm³/mol. The van der Waals surface area contributed by atoms with Crippen molar-refractivity contribution in [1.29, 1.82) is 0 Å². The lowest BCUT2D eigenvalue weighted by molar-refractivity contribution is 0.597. The Hall–Kier alpha value is -2.00. The number of aliphatic imine (C=N–C) groups is 1. The summed E-state index contributed by atoms with van der Waals surface area (Å²) in [5, 5.41) is 0. The van der Waals surface area contributed by atoms with Crippen LogP contribution in [-0.2, 0) is 0 Å². The Morgan fingerprint density at radius 3 is 2.56 bits per heavy atom. The molecule has 0 amide bonds. The number of anilines is 1. The quantitative estimate of drug-likeness (QED) is 0.491. The molecular formula is C22H26N2S. The van der Waals surface area contributed by atoms with Gasteiger partial charge in [-0.1, -0.05) is 18.2 Å². The number of fused-ring (bicyclic) bond motifs is 1. The van der Waals surface area contributed by atoms with Crippen LogP contribution < -0.4 is 4.90 Å². The number of likely N-dealkylation sites (N-methyl/N-ethyl adjacent to an activating group) is 1. The van der Waals surface area contributed by atoms with Crippen molar-refractivity contribution in [3.8, 4) is 0 Å². The largest absolute Gasteiger partial charge is 0.365 e. The average molecular weight is 351 g/mol. The molecule has 0 aromatic heterocycles. The van der Waals surface area contributed by atoms with E-state index in [1.165, 1.54) is 32.8 Å². The zero-order valence-corrected chi connectivity index (χ0v) is 16.7. The summed E-state index contributed by atoms with van der Waals surface area (Å²) in [5.74, 6) is 0. The first-order valence-corrected chi connectivity index (χ1v) is 9.81. The Morgan fingerprint density at radius 2 is 1.84 bits per heavy atom. The molecule has 25 heavy (non-hydrogen) atoms. The highest BCUT2D eigenvalue weighted by Gasteiger charge is 2.28. The van der Waals surface area contributed by atoms with Crippen molar-refractivity contribution in [2.75, 3.05) is 18.2 Å². The minimum absolute atomic E-state index is 0.0381. The molecule has 0 fully saturated rings. The van der Waals surface area contributed by atoms with Crippen LogP contribution in [0.15, 0.2) is 52.4 Å². The summed E-state index contributed by atoms with van der Waals surface area (Å²) in [6.45, 7) is 8.87. The molecule has 2 aromatic rings. The normalized spacial score (nSPS) is 16.1. The standard InChI is InChI=1S/C22H26N2S/c1-15-11-20-18(16(2)13-22(3,4)24(20)5)12-17(15)14-23-19-9-7-8-10-21(19)25-6/h7-14H,1-6H3. The van der Waals surface area contributed by atoms with Gasteiger partial charge in [0.15, 0.2) is 0 Å². The molecule has 0 unspecified atom stereocenters. The molecule has 0 atom stereocenters. The van der Waals surface area contributed by atoms with Crippen molar-refractivity contribution in [3.63, 3.8) is 0 Å². The first-order valence-electron chi connectivity index (χ1n) is 8.59. The second kappa shape index (κ2) is 6.72. The number of allylic oxidation sites excluding steroid dienone is 1. The first-order chi connectivity index (χ1) is 11.8. The molecule has 0 bridgehead atoms. The topological polar surface area (TPSA) is 15.6 Å². The van der Waals surface area contributed by atoms with E-state index in [0.717, 1.165) is 5.69 Å². The van der Waals surface area contributed by atoms with Gasteiger partial charge < -0.3 is 4.90 Å². The van der Waals surface area contributed by atoms with E-state index in [1.54, 1.807) is 11.8 Å². The van der Waals surface area contributed by atoms with Crippen LogP contribution in [0.1, 0.15) is 37.5 Å². The second-order valence-corrected chi connectivity index (χ2v) is 8.04. The van der Waals surface area contributed by atoms with Crippen LogP contribution in [0.5, 0.6) is 0 Å². The molecule has 0 saturated heterocycles. The third kappa shape index (κ3) is 3.38. The molecule has 0 saturated carbocycles.